The molecule has 0 bridgehead atoms. The fraction of sp³-hybridized carbons (Fsp3) is 0.240. The second-order valence-electron chi connectivity index (χ2n) is 7.46. The molecule has 3 aromatic rings. The van der Waals surface area contributed by atoms with Gasteiger partial charge in [0.05, 0.1) is 31.9 Å². The lowest BCUT2D eigenvalue weighted by Crippen LogP contribution is -2.28. The Morgan fingerprint density at radius 3 is 2.26 bits per heavy atom. The molecule has 0 aliphatic heterocycles. The van der Waals surface area contributed by atoms with E-state index in [1.807, 2.05) is 6.07 Å². The quantitative estimate of drug-likeness (QED) is 0.497. The first-order valence-corrected chi connectivity index (χ1v) is 11.9. The van der Waals surface area contributed by atoms with Crippen molar-refractivity contribution in [1.29, 1.82) is 0 Å². The first kappa shape index (κ1) is 24.9. The molecule has 34 heavy (non-hydrogen) atoms. The van der Waals surface area contributed by atoms with Crippen LogP contribution in [0.1, 0.15) is 21.5 Å². The van der Waals surface area contributed by atoms with E-state index in [1.165, 1.54) is 40.5 Å². The van der Waals surface area contributed by atoms with Crippen molar-refractivity contribution in [3.05, 3.63) is 77.4 Å². The molecule has 0 saturated carbocycles. The number of para-hydroxylation sites is 3. The Balaban J connectivity index is 1.88. The van der Waals surface area contributed by atoms with Gasteiger partial charge < -0.3 is 19.5 Å². The summed E-state index contributed by atoms with van der Waals surface area (Å²) in [6.45, 7) is 1.93. The molecule has 0 aromatic heterocycles. The predicted molar refractivity (Wildman–Crippen MR) is 130 cm³/mol. The van der Waals surface area contributed by atoms with Gasteiger partial charge in [0.25, 0.3) is 15.9 Å². The Morgan fingerprint density at radius 1 is 0.912 bits per heavy atom. The van der Waals surface area contributed by atoms with E-state index >= 15 is 0 Å². The van der Waals surface area contributed by atoms with Gasteiger partial charge in [0.15, 0.2) is 11.5 Å². The number of carbonyl (C=O) groups is 1. The van der Waals surface area contributed by atoms with Gasteiger partial charge in [-0.25, -0.2) is 8.42 Å². The molecule has 1 N–H and O–H groups in total. The van der Waals surface area contributed by atoms with E-state index in [1.54, 1.807) is 49.4 Å². The number of nitrogens with zero attached hydrogens (tertiary/aromatic N) is 1. The van der Waals surface area contributed by atoms with Crippen LogP contribution >= 0.6 is 0 Å². The summed E-state index contributed by atoms with van der Waals surface area (Å²) in [5, 5.41) is 2.84. The van der Waals surface area contributed by atoms with E-state index < -0.39 is 15.9 Å². The van der Waals surface area contributed by atoms with Crippen molar-refractivity contribution in [3.63, 3.8) is 0 Å². The zero-order chi connectivity index (χ0) is 24.9. The normalized spacial score (nSPS) is 11.0. The third kappa shape index (κ3) is 4.94. The van der Waals surface area contributed by atoms with Crippen LogP contribution in [0.4, 0.5) is 5.69 Å². The lowest BCUT2D eigenvalue weighted by Gasteiger charge is -2.22. The van der Waals surface area contributed by atoms with Gasteiger partial charge in [-0.3, -0.25) is 9.10 Å². The van der Waals surface area contributed by atoms with E-state index in [4.69, 9.17) is 14.2 Å². The summed E-state index contributed by atoms with van der Waals surface area (Å²) in [6.07, 6.45) is 0. The Morgan fingerprint density at radius 2 is 1.59 bits per heavy atom. The molecule has 9 heteroatoms. The zero-order valence-electron chi connectivity index (χ0n) is 19.8. The molecule has 3 aromatic carbocycles. The summed E-state index contributed by atoms with van der Waals surface area (Å²) in [6, 6.07) is 16.7. The van der Waals surface area contributed by atoms with E-state index in [2.05, 4.69) is 5.32 Å². The van der Waals surface area contributed by atoms with Gasteiger partial charge in [0, 0.05) is 24.7 Å². The molecule has 1 amide bonds. The van der Waals surface area contributed by atoms with Crippen LogP contribution < -0.4 is 23.8 Å². The Hall–Kier alpha value is -3.72. The maximum Gasteiger partial charge on any atom is 0.264 e. The molecule has 0 heterocycles. The third-order valence-electron chi connectivity index (χ3n) is 5.46. The fourth-order valence-electron chi connectivity index (χ4n) is 3.55. The van der Waals surface area contributed by atoms with Gasteiger partial charge in [-0.15, -0.1) is 0 Å². The molecule has 0 spiro atoms. The van der Waals surface area contributed by atoms with Crippen LogP contribution in [0.2, 0.25) is 0 Å². The van der Waals surface area contributed by atoms with E-state index in [-0.39, 0.29) is 17.0 Å². The summed E-state index contributed by atoms with van der Waals surface area (Å²) in [7, 11) is 2.04. The number of methoxy groups -OCH3 is 3. The average molecular weight is 485 g/mol. The van der Waals surface area contributed by atoms with Gasteiger partial charge >= 0.3 is 0 Å². The predicted octanol–water partition coefficient (Wildman–Crippen LogP) is 3.78. The second-order valence-corrected chi connectivity index (χ2v) is 9.43. The molecular formula is C25H28N2O6S. The number of benzene rings is 3. The van der Waals surface area contributed by atoms with Gasteiger partial charge in [-0.05, 0) is 42.8 Å². The van der Waals surface area contributed by atoms with Gasteiger partial charge in [-0.1, -0.05) is 30.3 Å². The SMILES string of the molecule is COc1ccccc1N(C)S(=O)(=O)c1ccc(C)c(C(=O)NCc2cccc(OC)c2OC)c1. The highest BCUT2D eigenvalue weighted by Crippen LogP contribution is 2.32. The van der Waals surface area contributed by atoms with E-state index in [9.17, 15) is 13.2 Å². The number of aryl methyl sites for hydroxylation is 1. The van der Waals surface area contributed by atoms with Crippen LogP contribution in [0.3, 0.4) is 0 Å². The smallest absolute Gasteiger partial charge is 0.264 e. The van der Waals surface area contributed by atoms with Crippen molar-refractivity contribution in [2.24, 2.45) is 0 Å². The number of hydrogen-bond acceptors (Lipinski definition) is 6. The van der Waals surface area contributed by atoms with Crippen molar-refractivity contribution < 1.29 is 27.4 Å². The van der Waals surface area contributed by atoms with E-state index in [0.29, 0.717) is 28.5 Å². The molecule has 0 atom stereocenters. The van der Waals surface area contributed by atoms with Crippen LogP contribution in [0.25, 0.3) is 0 Å². The standard InChI is InChI=1S/C25H28N2O6S/c1-17-13-14-19(34(29,30)27(2)21-10-6-7-11-22(21)31-3)15-20(17)25(28)26-16-18-9-8-12-23(32-4)24(18)33-5/h6-15H,16H2,1-5H3,(H,26,28). The summed E-state index contributed by atoms with van der Waals surface area (Å²) < 4.78 is 43.8. The molecule has 0 unspecified atom stereocenters. The number of amides is 1. The number of sulfonamides is 1. The van der Waals surface area contributed by atoms with Crippen molar-refractivity contribution in [2.75, 3.05) is 32.7 Å². The first-order chi connectivity index (χ1) is 16.2. The van der Waals surface area contributed by atoms with Gasteiger partial charge in [-0.2, -0.15) is 0 Å². The highest BCUT2D eigenvalue weighted by molar-refractivity contribution is 7.92. The zero-order valence-corrected chi connectivity index (χ0v) is 20.6. The number of anilines is 1. The maximum absolute atomic E-state index is 13.3. The van der Waals surface area contributed by atoms with E-state index in [0.717, 1.165) is 9.87 Å². The maximum atomic E-state index is 13.3. The minimum atomic E-state index is -3.95. The molecule has 8 nitrogen and oxygen atoms in total. The van der Waals surface area contributed by atoms with Crippen LogP contribution in [0, 0.1) is 6.92 Å². The Bertz CT molecular complexity index is 1290. The molecule has 0 fully saturated rings. The molecule has 0 saturated heterocycles. The van der Waals surface area contributed by atoms with Crippen LogP contribution in [-0.4, -0.2) is 42.7 Å². The topological polar surface area (TPSA) is 94.2 Å². The lowest BCUT2D eigenvalue weighted by molar-refractivity contribution is 0.0949. The highest BCUT2D eigenvalue weighted by Gasteiger charge is 2.25. The van der Waals surface area contributed by atoms with Gasteiger partial charge in [0.2, 0.25) is 0 Å². The lowest BCUT2D eigenvalue weighted by atomic mass is 10.1. The number of nitrogens with one attached hydrogen (secondary N) is 1. The minimum absolute atomic E-state index is 0.00406. The molecular weight excluding hydrogens is 456 g/mol. The molecule has 0 aliphatic rings. The summed E-state index contributed by atoms with van der Waals surface area (Å²) in [5.41, 5.74) is 2.03. The van der Waals surface area contributed by atoms with Crippen LogP contribution in [0.15, 0.2) is 65.6 Å². The summed E-state index contributed by atoms with van der Waals surface area (Å²) in [5.74, 6) is 1.10. The first-order valence-electron chi connectivity index (χ1n) is 10.4. The largest absolute Gasteiger partial charge is 0.495 e. The van der Waals surface area contributed by atoms with Crippen molar-refractivity contribution in [2.45, 2.75) is 18.4 Å². The molecule has 0 aliphatic carbocycles. The summed E-state index contributed by atoms with van der Waals surface area (Å²) in [4.78, 5) is 13.0. The number of ether oxygens (including phenoxy) is 3. The minimum Gasteiger partial charge on any atom is -0.495 e. The Labute approximate surface area is 200 Å². The second kappa shape index (κ2) is 10.5. The number of rotatable bonds is 9. The number of carbonyl (C=O) groups excluding carboxylic acids is 1. The molecule has 0 radical (unpaired) electrons. The Kier molecular flexibility index (Phi) is 7.68. The van der Waals surface area contributed by atoms with Crippen molar-refractivity contribution in [3.8, 4) is 17.2 Å². The fourth-order valence-corrected chi connectivity index (χ4v) is 4.78. The van der Waals surface area contributed by atoms with Crippen LogP contribution in [0.5, 0.6) is 17.2 Å². The molecule has 3 rings (SSSR count). The van der Waals surface area contributed by atoms with Crippen LogP contribution in [-0.2, 0) is 16.6 Å². The number of hydrogen-bond donors (Lipinski definition) is 1. The van der Waals surface area contributed by atoms with Crippen molar-refractivity contribution >= 4 is 21.6 Å². The monoisotopic (exact) mass is 484 g/mol. The molecule has 180 valence electrons. The van der Waals surface area contributed by atoms with Gasteiger partial charge in [0.1, 0.15) is 5.75 Å². The van der Waals surface area contributed by atoms with Crippen molar-refractivity contribution in [1.82, 2.24) is 5.32 Å². The average Bonchev–Trinajstić information content (AvgIpc) is 2.86. The highest BCUT2D eigenvalue weighted by atomic mass is 32.2. The third-order valence-corrected chi connectivity index (χ3v) is 7.23. The summed E-state index contributed by atoms with van der Waals surface area (Å²) >= 11 is 0.